The molecule has 4 aromatic heterocycles. The SMILES string of the molecule is O=C(Cc1cccs1)CC1CCCC(c2cc(NCc3cccnc3)n3ncc(Br)c3n2)CC1. The van der Waals surface area contributed by atoms with Gasteiger partial charge in [-0.25, -0.2) is 4.98 Å². The fourth-order valence-corrected chi connectivity index (χ4v) is 5.95. The van der Waals surface area contributed by atoms with E-state index in [0.29, 0.717) is 37.0 Å². The number of nitrogens with zero attached hydrogens (tertiary/aromatic N) is 4. The van der Waals surface area contributed by atoms with E-state index >= 15 is 0 Å². The van der Waals surface area contributed by atoms with E-state index in [4.69, 9.17) is 4.98 Å². The van der Waals surface area contributed by atoms with Crippen LogP contribution >= 0.6 is 27.3 Å². The molecule has 5 rings (SSSR count). The van der Waals surface area contributed by atoms with E-state index in [9.17, 15) is 4.79 Å². The molecule has 2 unspecified atom stereocenters. The van der Waals surface area contributed by atoms with Gasteiger partial charge in [0, 0.05) is 54.3 Å². The fraction of sp³-hybridized carbons (Fsp3) is 0.385. The largest absolute Gasteiger partial charge is 0.366 e. The minimum absolute atomic E-state index is 0.371. The van der Waals surface area contributed by atoms with Crippen LogP contribution in [0, 0.1) is 5.92 Å². The standard InChI is InChI=1S/C26H28BrN5OS/c27-23-17-30-32-25(29-16-19-5-2-10-28-15-19)14-24(31-26(23)32)20-6-1-4-18(8-9-20)12-21(33)13-22-7-3-11-34-22/h2-3,5,7,10-11,14-15,17-18,20,29H,1,4,6,8-9,12-13,16H2. The summed E-state index contributed by atoms with van der Waals surface area (Å²) in [6, 6.07) is 10.2. The number of halogens is 1. The zero-order valence-corrected chi connectivity index (χ0v) is 21.4. The number of pyridine rings is 1. The van der Waals surface area contributed by atoms with Crippen molar-refractivity contribution >= 4 is 44.5 Å². The molecule has 0 aliphatic heterocycles. The summed E-state index contributed by atoms with van der Waals surface area (Å²) < 4.78 is 2.75. The minimum atomic E-state index is 0.371. The van der Waals surface area contributed by atoms with Crippen LogP contribution in [-0.2, 0) is 17.8 Å². The maximum absolute atomic E-state index is 12.6. The van der Waals surface area contributed by atoms with Gasteiger partial charge in [-0.1, -0.05) is 25.0 Å². The van der Waals surface area contributed by atoms with Crippen molar-refractivity contribution in [1.29, 1.82) is 0 Å². The summed E-state index contributed by atoms with van der Waals surface area (Å²) in [6.45, 7) is 0.670. The van der Waals surface area contributed by atoms with E-state index in [2.05, 4.69) is 49.5 Å². The second-order valence-electron chi connectivity index (χ2n) is 9.08. The van der Waals surface area contributed by atoms with E-state index in [1.54, 1.807) is 23.7 Å². The highest BCUT2D eigenvalue weighted by atomic mass is 79.9. The fourth-order valence-electron chi connectivity index (χ4n) is 4.87. The lowest BCUT2D eigenvalue weighted by molar-refractivity contribution is -0.119. The molecule has 6 nitrogen and oxygen atoms in total. The van der Waals surface area contributed by atoms with Crippen LogP contribution in [0.25, 0.3) is 5.65 Å². The monoisotopic (exact) mass is 537 g/mol. The molecule has 0 amide bonds. The number of carbonyl (C=O) groups is 1. The van der Waals surface area contributed by atoms with Gasteiger partial charge in [-0.3, -0.25) is 9.78 Å². The van der Waals surface area contributed by atoms with Crippen molar-refractivity contribution < 1.29 is 4.79 Å². The van der Waals surface area contributed by atoms with Gasteiger partial charge in [0.15, 0.2) is 5.65 Å². The van der Waals surface area contributed by atoms with E-state index < -0.39 is 0 Å². The Morgan fingerprint density at radius 2 is 2.12 bits per heavy atom. The first-order valence-corrected chi connectivity index (χ1v) is 13.5. The van der Waals surface area contributed by atoms with Gasteiger partial charge in [0.05, 0.1) is 10.7 Å². The minimum Gasteiger partial charge on any atom is -0.366 e. The molecule has 1 aliphatic rings. The third kappa shape index (κ3) is 5.55. The van der Waals surface area contributed by atoms with Crippen LogP contribution in [0.2, 0.25) is 0 Å². The third-order valence-electron chi connectivity index (χ3n) is 6.62. The molecule has 1 aliphatic carbocycles. The van der Waals surface area contributed by atoms with Crippen molar-refractivity contribution in [2.75, 3.05) is 5.32 Å². The Kier molecular flexibility index (Phi) is 7.35. The summed E-state index contributed by atoms with van der Waals surface area (Å²) in [5.41, 5.74) is 3.05. The quantitative estimate of drug-likeness (QED) is 0.262. The highest BCUT2D eigenvalue weighted by Crippen LogP contribution is 2.36. The number of thiophene rings is 1. The highest BCUT2D eigenvalue weighted by Gasteiger charge is 2.24. The number of aromatic nitrogens is 4. The average Bonchev–Trinajstić information content (AvgIpc) is 3.43. The van der Waals surface area contributed by atoms with Crippen molar-refractivity contribution in [2.45, 2.75) is 57.4 Å². The van der Waals surface area contributed by atoms with Gasteiger partial charge in [-0.05, 0) is 64.2 Å². The van der Waals surface area contributed by atoms with Gasteiger partial charge in [0.1, 0.15) is 11.6 Å². The molecular weight excluding hydrogens is 510 g/mol. The van der Waals surface area contributed by atoms with Gasteiger partial charge in [0.2, 0.25) is 0 Å². The molecule has 0 spiro atoms. The van der Waals surface area contributed by atoms with Crippen molar-refractivity contribution in [2.24, 2.45) is 5.92 Å². The van der Waals surface area contributed by atoms with Crippen molar-refractivity contribution in [1.82, 2.24) is 19.6 Å². The van der Waals surface area contributed by atoms with Crippen LogP contribution < -0.4 is 5.32 Å². The Hall–Kier alpha value is -2.58. The molecule has 0 radical (unpaired) electrons. The van der Waals surface area contributed by atoms with Gasteiger partial charge in [0.25, 0.3) is 0 Å². The Labute approximate surface area is 212 Å². The number of nitrogens with one attached hydrogen (secondary N) is 1. The lowest BCUT2D eigenvalue weighted by atomic mass is 9.92. The van der Waals surface area contributed by atoms with Crippen LogP contribution in [0.1, 0.15) is 60.6 Å². The maximum Gasteiger partial charge on any atom is 0.171 e. The topological polar surface area (TPSA) is 72.2 Å². The maximum atomic E-state index is 12.6. The first-order chi connectivity index (χ1) is 16.7. The number of fused-ring (bicyclic) bond motifs is 1. The summed E-state index contributed by atoms with van der Waals surface area (Å²) in [5.74, 6) is 2.17. The highest BCUT2D eigenvalue weighted by molar-refractivity contribution is 9.10. The van der Waals surface area contributed by atoms with E-state index in [0.717, 1.165) is 59.3 Å². The molecule has 4 aromatic rings. The zero-order chi connectivity index (χ0) is 23.3. The smallest absolute Gasteiger partial charge is 0.171 e. The van der Waals surface area contributed by atoms with E-state index in [1.807, 2.05) is 28.2 Å². The average molecular weight is 539 g/mol. The first-order valence-electron chi connectivity index (χ1n) is 11.9. The first kappa shape index (κ1) is 23.2. The lowest BCUT2D eigenvalue weighted by Crippen LogP contribution is -2.11. The number of hydrogen-bond donors (Lipinski definition) is 1. The number of rotatable bonds is 8. The van der Waals surface area contributed by atoms with Gasteiger partial charge in [-0.15, -0.1) is 11.3 Å². The summed E-state index contributed by atoms with van der Waals surface area (Å²) >= 11 is 5.28. The molecule has 1 saturated carbocycles. The number of Topliss-reactive ketones (excluding diaryl/α,β-unsaturated/α-hetero) is 1. The molecule has 2 atom stereocenters. The third-order valence-corrected chi connectivity index (χ3v) is 8.06. The molecule has 0 bridgehead atoms. The molecule has 0 saturated heterocycles. The van der Waals surface area contributed by atoms with Gasteiger partial charge >= 0.3 is 0 Å². The molecule has 1 N–H and O–H groups in total. The van der Waals surface area contributed by atoms with E-state index in [-0.39, 0.29) is 0 Å². The number of carbonyl (C=O) groups excluding carboxylic acids is 1. The van der Waals surface area contributed by atoms with Gasteiger partial charge in [-0.2, -0.15) is 9.61 Å². The zero-order valence-electron chi connectivity index (χ0n) is 19.0. The molecule has 1 fully saturated rings. The number of anilines is 1. The van der Waals surface area contributed by atoms with Crippen molar-refractivity contribution in [3.8, 4) is 0 Å². The van der Waals surface area contributed by atoms with Crippen LogP contribution in [0.15, 0.2) is 58.8 Å². The second kappa shape index (κ2) is 10.8. The Bertz CT molecular complexity index is 1240. The second-order valence-corrected chi connectivity index (χ2v) is 11.0. The predicted molar refractivity (Wildman–Crippen MR) is 139 cm³/mol. The Balaban J connectivity index is 1.28. The summed E-state index contributed by atoms with van der Waals surface area (Å²) in [4.78, 5) is 23.0. The Morgan fingerprint density at radius 1 is 1.18 bits per heavy atom. The van der Waals surface area contributed by atoms with Crippen LogP contribution in [0.4, 0.5) is 5.82 Å². The summed E-state index contributed by atoms with van der Waals surface area (Å²) in [5, 5.41) is 10.1. The number of hydrogen-bond acceptors (Lipinski definition) is 6. The lowest BCUT2D eigenvalue weighted by Gasteiger charge is -2.17. The van der Waals surface area contributed by atoms with Crippen LogP contribution in [-0.4, -0.2) is 25.4 Å². The Morgan fingerprint density at radius 3 is 2.94 bits per heavy atom. The van der Waals surface area contributed by atoms with Crippen LogP contribution in [0.5, 0.6) is 0 Å². The van der Waals surface area contributed by atoms with Crippen molar-refractivity contribution in [3.05, 3.63) is 74.9 Å². The molecule has 4 heterocycles. The summed E-state index contributed by atoms with van der Waals surface area (Å²) in [6.07, 6.45) is 12.2. The van der Waals surface area contributed by atoms with Crippen LogP contribution in [0.3, 0.4) is 0 Å². The van der Waals surface area contributed by atoms with E-state index in [1.165, 1.54) is 4.88 Å². The molecule has 8 heteroatoms. The molecule has 176 valence electrons. The molecular formula is C26H28BrN5OS. The van der Waals surface area contributed by atoms with Gasteiger partial charge < -0.3 is 5.32 Å². The molecule has 34 heavy (non-hydrogen) atoms. The predicted octanol–water partition coefficient (Wildman–Crippen LogP) is 6.43. The van der Waals surface area contributed by atoms with Crippen molar-refractivity contribution in [3.63, 3.8) is 0 Å². The molecule has 0 aromatic carbocycles. The number of ketones is 1. The normalized spacial score (nSPS) is 18.6. The summed E-state index contributed by atoms with van der Waals surface area (Å²) in [7, 11) is 0.